The van der Waals surface area contributed by atoms with Crippen molar-refractivity contribution in [3.05, 3.63) is 48.2 Å². The summed E-state index contributed by atoms with van der Waals surface area (Å²) in [4.78, 5) is 3.97. The van der Waals surface area contributed by atoms with Gasteiger partial charge in [-0.3, -0.25) is 4.99 Å². The molecule has 0 bridgehead atoms. The van der Waals surface area contributed by atoms with Crippen molar-refractivity contribution in [3.8, 4) is 0 Å². The van der Waals surface area contributed by atoms with Crippen molar-refractivity contribution in [1.29, 1.82) is 0 Å². The van der Waals surface area contributed by atoms with Crippen LogP contribution in [0.25, 0.3) is 0 Å². The Hall–Kier alpha value is -1.37. The van der Waals surface area contributed by atoms with Gasteiger partial charge in [0, 0.05) is 18.3 Å². The number of hydrogen-bond donors (Lipinski definition) is 0. The molecular weight excluding hydrogens is 158 g/mol. The van der Waals surface area contributed by atoms with Gasteiger partial charge < -0.3 is 0 Å². The Morgan fingerprint density at radius 2 is 1.77 bits per heavy atom. The third-order valence-corrected chi connectivity index (χ3v) is 1.75. The highest BCUT2D eigenvalue weighted by molar-refractivity contribution is 5.85. The summed E-state index contributed by atoms with van der Waals surface area (Å²) in [5, 5.41) is 0. The van der Waals surface area contributed by atoms with Crippen LogP contribution >= 0.6 is 0 Å². The molecule has 68 valence electrons. The SMILES string of the molecule is CC1=NC=CC1.Cc1ccccc1. The zero-order chi connectivity index (χ0) is 9.52. The van der Waals surface area contributed by atoms with Gasteiger partial charge in [0.15, 0.2) is 0 Å². The van der Waals surface area contributed by atoms with Crippen LogP contribution in [0.2, 0.25) is 0 Å². The molecule has 0 radical (unpaired) electrons. The maximum Gasteiger partial charge on any atom is 0.0231 e. The summed E-state index contributed by atoms with van der Waals surface area (Å²) in [6, 6.07) is 10.3. The molecular formula is C12H15N. The predicted octanol–water partition coefficient (Wildman–Crippen LogP) is 3.36. The number of nitrogens with zero attached hydrogens (tertiary/aromatic N) is 1. The first-order valence-electron chi connectivity index (χ1n) is 4.49. The summed E-state index contributed by atoms with van der Waals surface area (Å²) in [7, 11) is 0. The summed E-state index contributed by atoms with van der Waals surface area (Å²) in [5.74, 6) is 0. The van der Waals surface area contributed by atoms with Gasteiger partial charge in [0.05, 0.1) is 0 Å². The van der Waals surface area contributed by atoms with E-state index in [1.54, 1.807) is 0 Å². The van der Waals surface area contributed by atoms with E-state index < -0.39 is 0 Å². The molecule has 0 aromatic heterocycles. The minimum absolute atomic E-state index is 1.06. The second-order valence-corrected chi connectivity index (χ2v) is 3.11. The van der Waals surface area contributed by atoms with E-state index >= 15 is 0 Å². The molecule has 0 atom stereocenters. The van der Waals surface area contributed by atoms with Crippen LogP contribution < -0.4 is 0 Å². The molecule has 1 heteroatoms. The van der Waals surface area contributed by atoms with Crippen molar-refractivity contribution >= 4 is 5.71 Å². The summed E-state index contributed by atoms with van der Waals surface area (Å²) in [6.07, 6.45) is 4.95. The summed E-state index contributed by atoms with van der Waals surface area (Å²) in [5.41, 5.74) is 2.54. The van der Waals surface area contributed by atoms with Crippen LogP contribution in [0.3, 0.4) is 0 Å². The number of benzene rings is 1. The quantitative estimate of drug-likeness (QED) is 0.570. The highest BCUT2D eigenvalue weighted by Gasteiger charge is 1.88. The lowest BCUT2D eigenvalue weighted by Gasteiger charge is -1.82. The maximum absolute atomic E-state index is 3.97. The Morgan fingerprint density at radius 1 is 1.08 bits per heavy atom. The van der Waals surface area contributed by atoms with Gasteiger partial charge in [-0.1, -0.05) is 42.0 Å². The number of aliphatic imine (C=N–C) groups is 1. The van der Waals surface area contributed by atoms with Crippen molar-refractivity contribution in [2.24, 2.45) is 4.99 Å². The normalized spacial score (nSPS) is 13.2. The second kappa shape index (κ2) is 5.31. The lowest BCUT2D eigenvalue weighted by molar-refractivity contribution is 1.48. The van der Waals surface area contributed by atoms with E-state index in [2.05, 4.69) is 30.1 Å². The van der Waals surface area contributed by atoms with Crippen LogP contribution in [0.15, 0.2) is 47.6 Å². The van der Waals surface area contributed by atoms with E-state index in [1.807, 2.05) is 31.3 Å². The predicted molar refractivity (Wildman–Crippen MR) is 58.0 cm³/mol. The van der Waals surface area contributed by atoms with E-state index in [-0.39, 0.29) is 0 Å². The van der Waals surface area contributed by atoms with Gasteiger partial charge in [0.1, 0.15) is 0 Å². The molecule has 1 aromatic rings. The fraction of sp³-hybridized carbons (Fsp3) is 0.250. The Labute approximate surface area is 79.8 Å². The van der Waals surface area contributed by atoms with E-state index in [4.69, 9.17) is 0 Å². The third-order valence-electron chi connectivity index (χ3n) is 1.75. The van der Waals surface area contributed by atoms with Crippen LogP contribution in [-0.4, -0.2) is 5.71 Å². The van der Waals surface area contributed by atoms with Gasteiger partial charge in [-0.2, -0.15) is 0 Å². The molecule has 13 heavy (non-hydrogen) atoms. The number of hydrogen-bond acceptors (Lipinski definition) is 1. The first-order valence-corrected chi connectivity index (χ1v) is 4.49. The molecule has 0 saturated heterocycles. The van der Waals surface area contributed by atoms with Crippen molar-refractivity contribution in [1.82, 2.24) is 0 Å². The lowest BCUT2D eigenvalue weighted by Crippen LogP contribution is -1.78. The van der Waals surface area contributed by atoms with Crippen molar-refractivity contribution in [2.45, 2.75) is 20.3 Å². The monoisotopic (exact) mass is 173 g/mol. The lowest BCUT2D eigenvalue weighted by atomic mass is 10.2. The molecule has 1 aliphatic heterocycles. The van der Waals surface area contributed by atoms with Gasteiger partial charge in [-0.05, 0) is 13.8 Å². The van der Waals surface area contributed by atoms with Crippen molar-refractivity contribution in [3.63, 3.8) is 0 Å². The van der Waals surface area contributed by atoms with E-state index in [0.717, 1.165) is 6.42 Å². The zero-order valence-electron chi connectivity index (χ0n) is 8.20. The van der Waals surface area contributed by atoms with Crippen LogP contribution in [-0.2, 0) is 0 Å². The van der Waals surface area contributed by atoms with E-state index in [0.29, 0.717) is 0 Å². The first kappa shape index (κ1) is 9.72. The molecule has 0 unspecified atom stereocenters. The van der Waals surface area contributed by atoms with Crippen LogP contribution in [0.4, 0.5) is 0 Å². The number of allylic oxidation sites excluding steroid dienone is 1. The van der Waals surface area contributed by atoms with Crippen LogP contribution in [0.5, 0.6) is 0 Å². The fourth-order valence-electron chi connectivity index (χ4n) is 0.990. The molecule has 0 spiro atoms. The highest BCUT2D eigenvalue weighted by Crippen LogP contribution is 1.96. The molecule has 0 amide bonds. The van der Waals surface area contributed by atoms with Gasteiger partial charge in [-0.15, -0.1) is 0 Å². The van der Waals surface area contributed by atoms with Crippen molar-refractivity contribution in [2.75, 3.05) is 0 Å². The van der Waals surface area contributed by atoms with Gasteiger partial charge in [-0.25, -0.2) is 0 Å². The third kappa shape index (κ3) is 4.26. The maximum atomic E-state index is 3.97. The molecule has 0 fully saturated rings. The molecule has 2 rings (SSSR count). The minimum Gasteiger partial charge on any atom is -0.266 e. The topological polar surface area (TPSA) is 12.4 Å². The van der Waals surface area contributed by atoms with E-state index in [1.165, 1.54) is 11.3 Å². The molecule has 1 aromatic carbocycles. The zero-order valence-corrected chi connectivity index (χ0v) is 8.20. The molecule has 1 nitrogen and oxygen atoms in total. The Morgan fingerprint density at radius 3 is 2.00 bits per heavy atom. The van der Waals surface area contributed by atoms with Gasteiger partial charge >= 0.3 is 0 Å². The average molecular weight is 173 g/mol. The Balaban J connectivity index is 0.000000132. The fourth-order valence-corrected chi connectivity index (χ4v) is 0.990. The smallest absolute Gasteiger partial charge is 0.0231 e. The average Bonchev–Trinajstić information content (AvgIpc) is 2.58. The summed E-state index contributed by atoms with van der Waals surface area (Å²) < 4.78 is 0. The molecule has 0 N–H and O–H groups in total. The second-order valence-electron chi connectivity index (χ2n) is 3.11. The van der Waals surface area contributed by atoms with Gasteiger partial charge in [0.25, 0.3) is 0 Å². The molecule has 0 aliphatic carbocycles. The van der Waals surface area contributed by atoms with E-state index in [9.17, 15) is 0 Å². The molecule has 1 aliphatic rings. The van der Waals surface area contributed by atoms with Crippen LogP contribution in [0.1, 0.15) is 18.9 Å². The first-order chi connectivity index (χ1) is 6.29. The molecule has 0 saturated carbocycles. The van der Waals surface area contributed by atoms with Crippen molar-refractivity contribution < 1.29 is 0 Å². The highest BCUT2D eigenvalue weighted by atomic mass is 14.7. The summed E-state index contributed by atoms with van der Waals surface area (Å²) >= 11 is 0. The van der Waals surface area contributed by atoms with Crippen LogP contribution in [0, 0.1) is 6.92 Å². The summed E-state index contributed by atoms with van der Waals surface area (Å²) in [6.45, 7) is 4.11. The number of aryl methyl sites for hydroxylation is 1. The minimum atomic E-state index is 1.06. The Bertz CT molecular complexity index is 296. The standard InChI is InChI=1S/C7H8.C5H7N/c1-7-5-3-2-4-6-7;1-5-3-2-4-6-5/h2-6H,1H3;2,4H,3H2,1H3. The number of rotatable bonds is 0. The molecule has 1 heterocycles. The van der Waals surface area contributed by atoms with Gasteiger partial charge in [0.2, 0.25) is 0 Å². The Kier molecular flexibility index (Phi) is 3.97. The largest absolute Gasteiger partial charge is 0.266 e.